The van der Waals surface area contributed by atoms with E-state index in [0.717, 1.165) is 0 Å². The van der Waals surface area contributed by atoms with Crippen LogP contribution in [-0.4, -0.2) is 44.7 Å². The Morgan fingerprint density at radius 2 is 1.61 bits per heavy atom. The van der Waals surface area contributed by atoms with E-state index >= 15 is 0 Å². The molecule has 0 bridgehead atoms. The minimum Gasteiger partial charge on any atom is -0.356 e. The molecule has 1 rings (SSSR count). The molecule has 0 atom stereocenters. The molecule has 0 heterocycles. The van der Waals surface area contributed by atoms with E-state index in [9.17, 15) is 18.0 Å². The molecule has 9 heteroatoms. The summed E-state index contributed by atoms with van der Waals surface area (Å²) in [5, 5.41) is 8.07. The molecule has 5 nitrogen and oxygen atoms in total. The molecule has 1 amide bonds. The third-order valence-corrected chi connectivity index (χ3v) is 2.66. The van der Waals surface area contributed by atoms with Gasteiger partial charge in [-0.1, -0.05) is 18.2 Å². The minimum absolute atomic E-state index is 0. The molecule has 0 saturated carbocycles. The zero-order chi connectivity index (χ0) is 16.4. The summed E-state index contributed by atoms with van der Waals surface area (Å²) < 4.78 is 36.1. The molecule has 0 unspecified atom stereocenters. The Balaban J connectivity index is 0.00000484. The standard InChI is InChI=1S/C14H19F3N4O.HI/c1-18-13(20-8-7-14(15,16)17)21-10-9-19-12(22)11-5-3-2-4-6-11;/h2-6H,7-10H2,1H3,(H,19,22)(H2,18,20,21);1H. The molecule has 1 aromatic carbocycles. The molecule has 0 aliphatic rings. The number of aliphatic imine (C=N–C) groups is 1. The van der Waals surface area contributed by atoms with Crippen molar-refractivity contribution < 1.29 is 18.0 Å². The van der Waals surface area contributed by atoms with Crippen molar-refractivity contribution in [1.82, 2.24) is 16.0 Å². The highest BCUT2D eigenvalue weighted by atomic mass is 127. The first-order valence-electron chi connectivity index (χ1n) is 6.77. The molecule has 0 radical (unpaired) electrons. The Morgan fingerprint density at radius 3 is 2.17 bits per heavy atom. The van der Waals surface area contributed by atoms with Gasteiger partial charge in [0, 0.05) is 32.2 Å². The Morgan fingerprint density at radius 1 is 1.04 bits per heavy atom. The second-order valence-electron chi connectivity index (χ2n) is 4.41. The molecule has 0 saturated heterocycles. The number of carbonyl (C=O) groups is 1. The summed E-state index contributed by atoms with van der Waals surface area (Å²) in [4.78, 5) is 15.5. The summed E-state index contributed by atoms with van der Waals surface area (Å²) in [6, 6.07) is 8.73. The summed E-state index contributed by atoms with van der Waals surface area (Å²) in [5.74, 6) is 0.0561. The van der Waals surface area contributed by atoms with Crippen LogP contribution in [0.15, 0.2) is 35.3 Å². The maximum Gasteiger partial charge on any atom is 0.390 e. The SMILES string of the molecule is CN=C(NCCNC(=O)c1ccccc1)NCCC(F)(F)F.I. The smallest absolute Gasteiger partial charge is 0.356 e. The number of halogens is 4. The van der Waals surface area contributed by atoms with E-state index < -0.39 is 12.6 Å². The predicted molar refractivity (Wildman–Crippen MR) is 94.2 cm³/mol. The summed E-state index contributed by atoms with van der Waals surface area (Å²) >= 11 is 0. The van der Waals surface area contributed by atoms with Crippen LogP contribution in [0.2, 0.25) is 0 Å². The summed E-state index contributed by atoms with van der Waals surface area (Å²) in [6.45, 7) is 0.428. The molecule has 0 spiro atoms. The van der Waals surface area contributed by atoms with Gasteiger partial charge in [0.05, 0.1) is 6.42 Å². The third-order valence-electron chi connectivity index (χ3n) is 2.66. The fourth-order valence-corrected chi connectivity index (χ4v) is 1.59. The molecule has 0 aromatic heterocycles. The second kappa shape index (κ2) is 11.1. The van der Waals surface area contributed by atoms with Crippen molar-refractivity contribution in [2.24, 2.45) is 4.99 Å². The van der Waals surface area contributed by atoms with Crippen molar-refractivity contribution in [2.75, 3.05) is 26.7 Å². The van der Waals surface area contributed by atoms with Gasteiger partial charge in [0.25, 0.3) is 5.91 Å². The van der Waals surface area contributed by atoms with Crippen LogP contribution >= 0.6 is 24.0 Å². The molecule has 130 valence electrons. The van der Waals surface area contributed by atoms with Crippen molar-refractivity contribution in [3.63, 3.8) is 0 Å². The van der Waals surface area contributed by atoms with E-state index in [1.165, 1.54) is 7.05 Å². The van der Waals surface area contributed by atoms with Gasteiger partial charge in [-0.05, 0) is 12.1 Å². The lowest BCUT2D eigenvalue weighted by molar-refractivity contribution is -0.132. The highest BCUT2D eigenvalue weighted by Crippen LogP contribution is 2.17. The zero-order valence-electron chi connectivity index (χ0n) is 12.6. The topological polar surface area (TPSA) is 65.5 Å². The monoisotopic (exact) mass is 444 g/mol. The number of hydrogen-bond acceptors (Lipinski definition) is 2. The van der Waals surface area contributed by atoms with Gasteiger partial charge in [-0.2, -0.15) is 13.2 Å². The van der Waals surface area contributed by atoms with Crippen molar-refractivity contribution in [3.8, 4) is 0 Å². The van der Waals surface area contributed by atoms with Gasteiger partial charge in [-0.25, -0.2) is 0 Å². The van der Waals surface area contributed by atoms with Crippen LogP contribution < -0.4 is 16.0 Å². The largest absolute Gasteiger partial charge is 0.390 e. The van der Waals surface area contributed by atoms with E-state index in [2.05, 4.69) is 20.9 Å². The van der Waals surface area contributed by atoms with Gasteiger partial charge < -0.3 is 16.0 Å². The van der Waals surface area contributed by atoms with Gasteiger partial charge in [0.1, 0.15) is 0 Å². The van der Waals surface area contributed by atoms with Crippen LogP contribution in [0.1, 0.15) is 16.8 Å². The lowest BCUT2D eigenvalue weighted by atomic mass is 10.2. The van der Waals surface area contributed by atoms with E-state index in [-0.39, 0.29) is 42.4 Å². The lowest BCUT2D eigenvalue weighted by Crippen LogP contribution is -2.42. The Hall–Kier alpha value is -1.52. The van der Waals surface area contributed by atoms with Crippen molar-refractivity contribution in [2.45, 2.75) is 12.6 Å². The molecular formula is C14H20F3IN4O. The Labute approximate surface area is 150 Å². The normalized spacial score (nSPS) is 11.4. The number of alkyl halides is 3. The average Bonchev–Trinajstić information content (AvgIpc) is 2.49. The predicted octanol–water partition coefficient (Wildman–Crippen LogP) is 2.15. The number of carbonyl (C=O) groups excluding carboxylic acids is 1. The number of rotatable bonds is 6. The van der Waals surface area contributed by atoms with Crippen LogP contribution in [0.25, 0.3) is 0 Å². The maximum absolute atomic E-state index is 12.0. The Kier molecular flexibility index (Phi) is 10.4. The Bertz CT molecular complexity index is 495. The molecule has 0 fully saturated rings. The van der Waals surface area contributed by atoms with Crippen LogP contribution in [0.5, 0.6) is 0 Å². The summed E-state index contributed by atoms with van der Waals surface area (Å²) in [6.07, 6.45) is -5.13. The number of benzene rings is 1. The summed E-state index contributed by atoms with van der Waals surface area (Å²) in [7, 11) is 1.46. The maximum atomic E-state index is 12.0. The van der Waals surface area contributed by atoms with Gasteiger partial charge in [-0.15, -0.1) is 24.0 Å². The van der Waals surface area contributed by atoms with Gasteiger partial charge >= 0.3 is 6.18 Å². The number of hydrogen-bond donors (Lipinski definition) is 3. The average molecular weight is 444 g/mol. The van der Waals surface area contributed by atoms with Crippen molar-refractivity contribution >= 4 is 35.8 Å². The quantitative estimate of drug-likeness (QED) is 0.273. The fourth-order valence-electron chi connectivity index (χ4n) is 1.59. The van der Waals surface area contributed by atoms with Crippen molar-refractivity contribution in [1.29, 1.82) is 0 Å². The first-order valence-corrected chi connectivity index (χ1v) is 6.77. The minimum atomic E-state index is -4.20. The highest BCUT2D eigenvalue weighted by Gasteiger charge is 2.26. The van der Waals surface area contributed by atoms with E-state index in [0.29, 0.717) is 18.7 Å². The number of guanidine groups is 1. The third kappa shape index (κ3) is 9.97. The molecule has 0 aliphatic heterocycles. The first kappa shape index (κ1) is 21.5. The molecule has 0 aliphatic carbocycles. The van der Waals surface area contributed by atoms with E-state index in [1.54, 1.807) is 24.3 Å². The van der Waals surface area contributed by atoms with Gasteiger partial charge in [0.15, 0.2) is 5.96 Å². The van der Waals surface area contributed by atoms with Crippen molar-refractivity contribution in [3.05, 3.63) is 35.9 Å². The second-order valence-corrected chi connectivity index (χ2v) is 4.41. The number of nitrogens with zero attached hydrogens (tertiary/aromatic N) is 1. The molecule has 23 heavy (non-hydrogen) atoms. The van der Waals surface area contributed by atoms with Gasteiger partial charge in [0.2, 0.25) is 0 Å². The van der Waals surface area contributed by atoms with Gasteiger partial charge in [-0.3, -0.25) is 9.79 Å². The van der Waals surface area contributed by atoms with E-state index in [1.807, 2.05) is 6.07 Å². The lowest BCUT2D eigenvalue weighted by Gasteiger charge is -2.13. The molecule has 1 aromatic rings. The highest BCUT2D eigenvalue weighted by molar-refractivity contribution is 14.0. The van der Waals surface area contributed by atoms with Crippen LogP contribution in [0.4, 0.5) is 13.2 Å². The number of amides is 1. The molecular weight excluding hydrogens is 424 g/mol. The van der Waals surface area contributed by atoms with E-state index in [4.69, 9.17) is 0 Å². The van der Waals surface area contributed by atoms with Crippen LogP contribution in [0.3, 0.4) is 0 Å². The fraction of sp³-hybridized carbons (Fsp3) is 0.429. The van der Waals surface area contributed by atoms with Crippen LogP contribution in [-0.2, 0) is 0 Å². The van der Waals surface area contributed by atoms with Crippen LogP contribution in [0, 0.1) is 0 Å². The number of nitrogens with one attached hydrogen (secondary N) is 3. The first-order chi connectivity index (χ1) is 10.4. The zero-order valence-corrected chi connectivity index (χ0v) is 14.9. The molecule has 3 N–H and O–H groups in total. The summed E-state index contributed by atoms with van der Waals surface area (Å²) in [5.41, 5.74) is 0.551.